The Morgan fingerprint density at radius 2 is 0.800 bits per heavy atom. The summed E-state index contributed by atoms with van der Waals surface area (Å²) in [5.74, 6) is -1.76. The third-order valence-corrected chi connectivity index (χ3v) is 13.4. The van der Waals surface area contributed by atoms with Crippen molar-refractivity contribution < 1.29 is 14.4 Å². The number of Topliss-reactive ketones (excluding diaryl/α,β-unsaturated/α-hetero) is 1. The summed E-state index contributed by atoms with van der Waals surface area (Å²) in [6.07, 6.45) is 17.4. The maximum absolute atomic E-state index is 14.1. The molecule has 3 aromatic heterocycles. The first-order valence-electron chi connectivity index (χ1n) is 21.8. The van der Waals surface area contributed by atoms with Crippen LogP contribution in [0.2, 0.25) is 0 Å². The molecule has 1 saturated carbocycles. The number of carbonyl (C=O) groups is 3. The highest BCUT2D eigenvalue weighted by molar-refractivity contribution is 5.97. The molecule has 8 heteroatoms. The number of anilines is 2. The fourth-order valence-electron chi connectivity index (χ4n) is 9.92. The first-order chi connectivity index (χ1) is 29.4. The minimum absolute atomic E-state index is 0.0473. The summed E-state index contributed by atoms with van der Waals surface area (Å²) in [5, 5.41) is 6.22. The molecular weight excluding hydrogens is 743 g/mol. The maximum atomic E-state index is 14.1. The summed E-state index contributed by atoms with van der Waals surface area (Å²) < 4.78 is 0. The monoisotopic (exact) mass is 791 g/mol. The molecule has 4 aliphatic rings. The molecule has 2 N–H and O–H groups in total. The minimum Gasteiger partial charge on any atom is -0.326 e. The molecule has 6 aromatic rings. The van der Waals surface area contributed by atoms with Gasteiger partial charge < -0.3 is 10.6 Å². The molecule has 3 heterocycles. The number of amides is 2. The average molecular weight is 792 g/mol. The molecule has 60 heavy (non-hydrogen) atoms. The second kappa shape index (κ2) is 16.4. The van der Waals surface area contributed by atoms with Crippen LogP contribution < -0.4 is 10.6 Å². The Morgan fingerprint density at radius 1 is 0.450 bits per heavy atom. The van der Waals surface area contributed by atoms with Crippen molar-refractivity contribution in [1.29, 1.82) is 0 Å². The molecule has 0 saturated heterocycles. The van der Waals surface area contributed by atoms with Crippen molar-refractivity contribution in [2.75, 3.05) is 10.6 Å². The zero-order valence-corrected chi connectivity index (χ0v) is 33.9. The van der Waals surface area contributed by atoms with E-state index in [0.717, 1.165) is 77.9 Å². The molecule has 0 aliphatic heterocycles. The summed E-state index contributed by atoms with van der Waals surface area (Å²) in [4.78, 5) is 56.2. The highest BCUT2D eigenvalue weighted by atomic mass is 16.2. The van der Waals surface area contributed by atoms with Gasteiger partial charge in [0.15, 0.2) is 0 Å². The fraction of sp³-hybridized carbons (Fsp3) is 0.308. The van der Waals surface area contributed by atoms with Crippen LogP contribution in [0.4, 0.5) is 11.4 Å². The number of nitrogens with one attached hydrogen (secondary N) is 2. The molecule has 0 bridgehead atoms. The Balaban J connectivity index is 0.838. The third-order valence-electron chi connectivity index (χ3n) is 13.4. The van der Waals surface area contributed by atoms with E-state index in [9.17, 15) is 14.4 Å². The van der Waals surface area contributed by atoms with Crippen molar-refractivity contribution in [2.45, 2.75) is 83.5 Å². The quantitative estimate of drug-likeness (QED) is 0.143. The zero-order chi connectivity index (χ0) is 40.6. The molecule has 4 aliphatic carbocycles. The maximum Gasteiger partial charge on any atom is 0.227 e. The van der Waals surface area contributed by atoms with E-state index < -0.39 is 17.8 Å². The summed E-state index contributed by atoms with van der Waals surface area (Å²) in [5.41, 5.74) is 16.2. The molecule has 2 unspecified atom stereocenters. The van der Waals surface area contributed by atoms with Gasteiger partial charge in [0, 0.05) is 70.8 Å². The smallest absolute Gasteiger partial charge is 0.227 e. The number of hydrogen-bond donors (Lipinski definition) is 2. The zero-order valence-electron chi connectivity index (χ0n) is 33.9. The van der Waals surface area contributed by atoms with Gasteiger partial charge in [0.05, 0.1) is 17.1 Å². The van der Waals surface area contributed by atoms with E-state index in [-0.39, 0.29) is 24.0 Å². The number of rotatable bonds is 10. The van der Waals surface area contributed by atoms with Gasteiger partial charge in [-0.3, -0.25) is 29.3 Å². The van der Waals surface area contributed by atoms with E-state index in [2.05, 4.69) is 38.8 Å². The van der Waals surface area contributed by atoms with Crippen LogP contribution in [0.15, 0.2) is 110 Å². The van der Waals surface area contributed by atoms with Crippen molar-refractivity contribution in [3.63, 3.8) is 0 Å². The predicted molar refractivity (Wildman–Crippen MR) is 235 cm³/mol. The number of benzene rings is 3. The number of nitrogens with zero attached hydrogens (tertiary/aromatic N) is 3. The van der Waals surface area contributed by atoms with Crippen LogP contribution in [0.3, 0.4) is 0 Å². The number of carbonyl (C=O) groups excluding carboxylic acids is 3. The van der Waals surface area contributed by atoms with Gasteiger partial charge in [-0.15, -0.1) is 0 Å². The second-order valence-electron chi connectivity index (χ2n) is 17.3. The molecule has 3 aromatic carbocycles. The predicted octanol–water partition coefficient (Wildman–Crippen LogP) is 9.76. The Bertz CT molecular complexity index is 2310. The molecule has 2 atom stereocenters. The van der Waals surface area contributed by atoms with Crippen molar-refractivity contribution in [2.24, 2.45) is 17.8 Å². The molecule has 1 fully saturated rings. The lowest BCUT2D eigenvalue weighted by Crippen LogP contribution is -2.39. The number of aryl methyl sites for hydroxylation is 6. The second-order valence-corrected chi connectivity index (χ2v) is 17.3. The number of pyridine rings is 3. The van der Waals surface area contributed by atoms with Gasteiger partial charge in [-0.1, -0.05) is 48.5 Å². The van der Waals surface area contributed by atoms with Crippen LogP contribution in [-0.4, -0.2) is 32.5 Å². The topological polar surface area (TPSA) is 114 Å². The Kier molecular flexibility index (Phi) is 10.4. The largest absolute Gasteiger partial charge is 0.326 e. The van der Waals surface area contributed by atoms with Crippen LogP contribution in [0.25, 0.3) is 33.8 Å². The van der Waals surface area contributed by atoms with Crippen molar-refractivity contribution in [3.8, 4) is 33.8 Å². The highest BCUT2D eigenvalue weighted by Gasteiger charge is 2.39. The lowest BCUT2D eigenvalue weighted by atomic mass is 9.72. The molecular formula is C52H49N5O3. The van der Waals surface area contributed by atoms with Gasteiger partial charge in [0.25, 0.3) is 0 Å². The minimum atomic E-state index is -0.511. The normalized spacial score (nSPS) is 19.0. The number of aromatic nitrogens is 3. The Hall–Kier alpha value is -6.28. The van der Waals surface area contributed by atoms with Gasteiger partial charge >= 0.3 is 0 Å². The average Bonchev–Trinajstić information content (AvgIpc) is 4.08. The summed E-state index contributed by atoms with van der Waals surface area (Å²) in [7, 11) is 0. The summed E-state index contributed by atoms with van der Waals surface area (Å²) in [6, 6.07) is 30.2. The lowest BCUT2D eigenvalue weighted by molar-refractivity contribution is -0.130. The van der Waals surface area contributed by atoms with E-state index >= 15 is 0 Å². The van der Waals surface area contributed by atoms with Crippen molar-refractivity contribution in [1.82, 2.24) is 15.0 Å². The highest BCUT2D eigenvalue weighted by Crippen LogP contribution is 2.37. The molecule has 2 amide bonds. The molecule has 10 rings (SSSR count). The van der Waals surface area contributed by atoms with Gasteiger partial charge in [-0.05, 0) is 158 Å². The lowest BCUT2D eigenvalue weighted by Gasteiger charge is -2.33. The van der Waals surface area contributed by atoms with Gasteiger partial charge in [0.1, 0.15) is 5.78 Å². The van der Waals surface area contributed by atoms with Gasteiger partial charge in [-0.25, -0.2) is 0 Å². The first-order valence-corrected chi connectivity index (χ1v) is 21.8. The van der Waals surface area contributed by atoms with Crippen molar-refractivity contribution in [3.05, 3.63) is 149 Å². The standard InChI is InChI=1S/C52H49N5O3/c58-50(22-32-10-12-33(13-11-32)47-26-36-4-1-7-39(36)29-53-47)42-23-43(51(59)56-45-18-14-34(15-19-45)48-27-37-5-2-8-40(37)30-54-48)25-44(24-42)52(60)57-46-20-16-35(17-21-46)49-28-38-6-3-9-41(38)31-55-49/h10-21,26-31,42-44H,1-9,22-25H2,(H,56,59)(H,57,60). The molecule has 0 spiro atoms. The summed E-state index contributed by atoms with van der Waals surface area (Å²) >= 11 is 0. The number of hydrogen-bond acceptors (Lipinski definition) is 6. The summed E-state index contributed by atoms with van der Waals surface area (Å²) in [6.45, 7) is 0. The molecule has 8 nitrogen and oxygen atoms in total. The van der Waals surface area contributed by atoms with E-state index in [1.165, 1.54) is 52.6 Å². The van der Waals surface area contributed by atoms with Gasteiger partial charge in [0.2, 0.25) is 11.8 Å². The Morgan fingerprint density at radius 3 is 1.20 bits per heavy atom. The van der Waals surface area contributed by atoms with Crippen LogP contribution in [0.5, 0.6) is 0 Å². The molecule has 0 radical (unpaired) electrons. The van der Waals surface area contributed by atoms with Crippen LogP contribution in [-0.2, 0) is 59.3 Å². The number of ketones is 1. The fourth-order valence-corrected chi connectivity index (χ4v) is 9.92. The Labute approximate surface area is 351 Å². The van der Waals surface area contributed by atoms with E-state index in [1.54, 1.807) is 0 Å². The van der Waals surface area contributed by atoms with E-state index in [4.69, 9.17) is 4.98 Å². The SMILES string of the molecule is O=C(Cc1ccc(-c2cc3c(cn2)CCC3)cc1)C1CC(C(=O)Nc2ccc(-c3cc4c(cn3)CCC4)cc2)CC(C(=O)Nc2ccc(-c3cc4c(cn3)CCC4)cc2)C1. The van der Waals surface area contributed by atoms with Gasteiger partial charge in [-0.2, -0.15) is 0 Å². The van der Waals surface area contributed by atoms with E-state index in [0.29, 0.717) is 30.6 Å². The van der Waals surface area contributed by atoms with Crippen LogP contribution in [0.1, 0.15) is 77.5 Å². The molecule has 300 valence electrons. The van der Waals surface area contributed by atoms with Crippen molar-refractivity contribution >= 4 is 29.0 Å². The number of fused-ring (bicyclic) bond motifs is 3. The third kappa shape index (κ3) is 8.03. The first kappa shape index (κ1) is 38.0. The van der Waals surface area contributed by atoms with Crippen LogP contribution in [0, 0.1) is 17.8 Å². The van der Waals surface area contributed by atoms with E-state index in [1.807, 2.05) is 91.4 Å². The van der Waals surface area contributed by atoms with Crippen LogP contribution >= 0.6 is 0 Å².